The average molecular weight is 390 g/mol. The van der Waals surface area contributed by atoms with Gasteiger partial charge in [0.15, 0.2) is 0 Å². The number of nitrogens with one attached hydrogen (secondary N) is 1. The third kappa shape index (κ3) is 5.12. The Labute approximate surface area is 161 Å². The minimum absolute atomic E-state index is 0.182. The second-order valence-corrected chi connectivity index (χ2v) is 5.81. The third-order valence-electron chi connectivity index (χ3n) is 3.85. The summed E-state index contributed by atoms with van der Waals surface area (Å²) < 4.78 is 32.9. The Morgan fingerprint density at radius 1 is 1.04 bits per heavy atom. The SMILES string of the molecule is CCOC(=O)c1ccccc1NC(=O)CCN(C(C)=O)c1c(F)cccc1F. The van der Waals surface area contributed by atoms with Crippen molar-refractivity contribution in [2.24, 2.45) is 0 Å². The van der Waals surface area contributed by atoms with E-state index in [1.807, 2.05) is 0 Å². The summed E-state index contributed by atoms with van der Waals surface area (Å²) in [6, 6.07) is 9.54. The number of hydrogen-bond acceptors (Lipinski definition) is 4. The van der Waals surface area contributed by atoms with Crippen molar-refractivity contribution in [3.63, 3.8) is 0 Å². The topological polar surface area (TPSA) is 75.7 Å². The first-order valence-corrected chi connectivity index (χ1v) is 8.63. The van der Waals surface area contributed by atoms with Crippen LogP contribution in [-0.2, 0) is 14.3 Å². The van der Waals surface area contributed by atoms with Crippen molar-refractivity contribution >= 4 is 29.2 Å². The zero-order valence-electron chi connectivity index (χ0n) is 15.5. The van der Waals surface area contributed by atoms with Crippen LogP contribution in [0.5, 0.6) is 0 Å². The van der Waals surface area contributed by atoms with Crippen LogP contribution in [-0.4, -0.2) is 30.9 Å². The van der Waals surface area contributed by atoms with E-state index in [0.29, 0.717) is 0 Å². The number of ether oxygens (including phenoxy) is 1. The Morgan fingerprint density at radius 2 is 1.68 bits per heavy atom. The van der Waals surface area contributed by atoms with Crippen molar-refractivity contribution in [3.05, 3.63) is 59.7 Å². The number of benzene rings is 2. The molecule has 0 heterocycles. The molecule has 0 radical (unpaired) electrons. The van der Waals surface area contributed by atoms with Crippen LogP contribution < -0.4 is 10.2 Å². The van der Waals surface area contributed by atoms with E-state index in [1.165, 1.54) is 18.2 Å². The fourth-order valence-electron chi connectivity index (χ4n) is 2.58. The van der Waals surface area contributed by atoms with Crippen molar-refractivity contribution in [1.29, 1.82) is 0 Å². The lowest BCUT2D eigenvalue weighted by Crippen LogP contribution is -2.33. The van der Waals surface area contributed by atoms with Gasteiger partial charge in [-0.15, -0.1) is 0 Å². The maximum atomic E-state index is 14.0. The van der Waals surface area contributed by atoms with Gasteiger partial charge in [-0.3, -0.25) is 9.59 Å². The average Bonchev–Trinajstić information content (AvgIpc) is 2.64. The van der Waals surface area contributed by atoms with Gasteiger partial charge in [0.1, 0.15) is 17.3 Å². The van der Waals surface area contributed by atoms with Gasteiger partial charge < -0.3 is 15.0 Å². The number of nitrogens with zero attached hydrogens (tertiary/aromatic N) is 1. The van der Waals surface area contributed by atoms with Crippen molar-refractivity contribution in [1.82, 2.24) is 0 Å². The van der Waals surface area contributed by atoms with E-state index < -0.39 is 35.1 Å². The van der Waals surface area contributed by atoms with Gasteiger partial charge in [-0.05, 0) is 31.2 Å². The number of hydrogen-bond donors (Lipinski definition) is 1. The van der Waals surface area contributed by atoms with Crippen molar-refractivity contribution < 1.29 is 27.9 Å². The number of carbonyl (C=O) groups excluding carboxylic acids is 3. The zero-order chi connectivity index (χ0) is 20.7. The number of amides is 2. The Hall–Kier alpha value is -3.29. The highest BCUT2D eigenvalue weighted by atomic mass is 19.1. The van der Waals surface area contributed by atoms with E-state index in [1.54, 1.807) is 19.1 Å². The first-order valence-electron chi connectivity index (χ1n) is 8.63. The quantitative estimate of drug-likeness (QED) is 0.734. The molecule has 2 aromatic rings. The summed E-state index contributed by atoms with van der Waals surface area (Å²) in [7, 11) is 0. The van der Waals surface area contributed by atoms with Crippen molar-refractivity contribution in [2.75, 3.05) is 23.4 Å². The standard InChI is InChI=1S/C20H20F2N2O4/c1-3-28-20(27)14-7-4-5-10-17(14)23-18(26)11-12-24(13(2)25)19-15(21)8-6-9-16(19)22/h4-10H,3,11-12H2,1-2H3,(H,23,26). The molecule has 6 nitrogen and oxygen atoms in total. The van der Waals surface area contributed by atoms with Gasteiger partial charge >= 0.3 is 5.97 Å². The maximum Gasteiger partial charge on any atom is 0.340 e. The summed E-state index contributed by atoms with van der Waals surface area (Å²) in [5.41, 5.74) is -0.0756. The normalized spacial score (nSPS) is 10.3. The van der Waals surface area contributed by atoms with Gasteiger partial charge in [0.2, 0.25) is 11.8 Å². The number of halogens is 2. The lowest BCUT2D eigenvalue weighted by atomic mass is 10.1. The number of esters is 1. The highest BCUT2D eigenvalue weighted by molar-refractivity contribution is 6.01. The van der Waals surface area contributed by atoms with E-state index in [2.05, 4.69) is 5.32 Å². The third-order valence-corrected chi connectivity index (χ3v) is 3.85. The fourth-order valence-corrected chi connectivity index (χ4v) is 2.58. The van der Waals surface area contributed by atoms with Crippen LogP contribution in [0.25, 0.3) is 0 Å². The molecule has 2 rings (SSSR count). The Bertz CT molecular complexity index is 866. The number of para-hydroxylation sites is 2. The van der Waals surface area contributed by atoms with Crippen LogP contribution in [0.1, 0.15) is 30.6 Å². The van der Waals surface area contributed by atoms with Crippen LogP contribution in [0, 0.1) is 11.6 Å². The van der Waals surface area contributed by atoms with Gasteiger partial charge in [-0.2, -0.15) is 0 Å². The summed E-state index contributed by atoms with van der Waals surface area (Å²) in [6.07, 6.45) is -0.232. The summed E-state index contributed by atoms with van der Waals surface area (Å²) >= 11 is 0. The van der Waals surface area contributed by atoms with Crippen LogP contribution >= 0.6 is 0 Å². The van der Waals surface area contributed by atoms with Gasteiger partial charge in [0.25, 0.3) is 0 Å². The molecule has 0 unspecified atom stereocenters. The molecule has 0 saturated carbocycles. The molecule has 0 aliphatic heterocycles. The molecule has 148 valence electrons. The first-order chi connectivity index (χ1) is 13.3. The summed E-state index contributed by atoms with van der Waals surface area (Å²) in [5.74, 6) is -3.52. The van der Waals surface area contributed by atoms with Gasteiger partial charge in [-0.25, -0.2) is 13.6 Å². The highest BCUT2D eigenvalue weighted by Crippen LogP contribution is 2.24. The number of rotatable bonds is 7. The fraction of sp³-hybridized carbons (Fsp3) is 0.250. The van der Waals surface area contributed by atoms with Gasteiger partial charge in [0.05, 0.1) is 17.9 Å². The molecule has 0 aromatic heterocycles. The largest absolute Gasteiger partial charge is 0.462 e. The maximum absolute atomic E-state index is 14.0. The van der Waals surface area contributed by atoms with E-state index in [0.717, 1.165) is 24.0 Å². The second kappa shape index (κ2) is 9.59. The molecule has 28 heavy (non-hydrogen) atoms. The van der Waals surface area contributed by atoms with Gasteiger partial charge in [-0.1, -0.05) is 18.2 Å². The van der Waals surface area contributed by atoms with E-state index in [-0.39, 0.29) is 30.8 Å². The molecule has 0 atom stereocenters. The van der Waals surface area contributed by atoms with E-state index >= 15 is 0 Å². The minimum atomic E-state index is -0.900. The summed E-state index contributed by atoms with van der Waals surface area (Å²) in [5, 5.41) is 2.56. The molecule has 0 aliphatic rings. The van der Waals surface area contributed by atoms with Crippen molar-refractivity contribution in [2.45, 2.75) is 20.3 Å². The summed E-state index contributed by atoms with van der Waals surface area (Å²) in [4.78, 5) is 36.9. The Kier molecular flexibility index (Phi) is 7.20. The molecule has 8 heteroatoms. The number of carbonyl (C=O) groups is 3. The van der Waals surface area contributed by atoms with Crippen LogP contribution in [0.3, 0.4) is 0 Å². The van der Waals surface area contributed by atoms with E-state index in [9.17, 15) is 23.2 Å². The van der Waals surface area contributed by atoms with E-state index in [4.69, 9.17) is 4.74 Å². The smallest absolute Gasteiger partial charge is 0.340 e. The number of anilines is 2. The lowest BCUT2D eigenvalue weighted by molar-refractivity contribution is -0.117. The molecule has 2 aromatic carbocycles. The predicted octanol–water partition coefficient (Wildman–Crippen LogP) is 3.52. The molecule has 0 aliphatic carbocycles. The summed E-state index contributed by atoms with van der Waals surface area (Å²) in [6.45, 7) is 2.76. The molecule has 1 N–H and O–H groups in total. The second-order valence-electron chi connectivity index (χ2n) is 5.81. The van der Waals surface area contributed by atoms with Crippen LogP contribution in [0.2, 0.25) is 0 Å². The first kappa shape index (κ1) is 21.0. The molecule has 0 spiro atoms. The Morgan fingerprint density at radius 3 is 2.29 bits per heavy atom. The monoisotopic (exact) mass is 390 g/mol. The Balaban J connectivity index is 2.11. The lowest BCUT2D eigenvalue weighted by Gasteiger charge is -2.22. The van der Waals surface area contributed by atoms with Gasteiger partial charge in [0, 0.05) is 19.9 Å². The molecule has 0 bridgehead atoms. The zero-order valence-corrected chi connectivity index (χ0v) is 15.5. The predicted molar refractivity (Wildman–Crippen MR) is 100 cm³/mol. The molecule has 0 fully saturated rings. The van der Waals surface area contributed by atoms with Crippen LogP contribution in [0.15, 0.2) is 42.5 Å². The molecular weight excluding hydrogens is 370 g/mol. The molecule has 2 amide bonds. The van der Waals surface area contributed by atoms with Crippen LogP contribution in [0.4, 0.5) is 20.2 Å². The molecule has 0 saturated heterocycles. The van der Waals surface area contributed by atoms with Crippen molar-refractivity contribution in [3.8, 4) is 0 Å². The minimum Gasteiger partial charge on any atom is -0.462 e. The molecular formula is C20H20F2N2O4. The highest BCUT2D eigenvalue weighted by Gasteiger charge is 2.21.